The molecule has 0 saturated heterocycles. The molecule has 1 heterocycles. The molecule has 0 saturated carbocycles. The monoisotopic (exact) mass is 363 g/mol. The molecule has 24 heavy (non-hydrogen) atoms. The van der Waals surface area contributed by atoms with Crippen molar-refractivity contribution in [3.8, 4) is 5.75 Å². The molecule has 0 aliphatic rings. The first-order chi connectivity index (χ1) is 11.6. The van der Waals surface area contributed by atoms with Crippen molar-refractivity contribution in [3.05, 3.63) is 63.6 Å². The van der Waals surface area contributed by atoms with Gasteiger partial charge in [-0.25, -0.2) is 4.68 Å². The molecular formula is C16H15Cl2N5O. The lowest BCUT2D eigenvalue weighted by Gasteiger charge is -2.10. The summed E-state index contributed by atoms with van der Waals surface area (Å²) in [6.07, 6.45) is 0. The first-order valence-corrected chi connectivity index (χ1v) is 8.00. The molecule has 2 aromatic carbocycles. The fraction of sp³-hybridized carbons (Fsp3) is 0.188. The zero-order chi connectivity index (χ0) is 16.9. The SMILES string of the molecule is Cn1nnnc1NCc1ccc(OCc2c(Cl)cccc2Cl)cc1. The summed E-state index contributed by atoms with van der Waals surface area (Å²) in [4.78, 5) is 0. The number of nitrogens with one attached hydrogen (secondary N) is 1. The van der Waals surface area contributed by atoms with E-state index >= 15 is 0 Å². The number of rotatable bonds is 6. The second-order valence-electron chi connectivity index (χ2n) is 5.11. The molecule has 0 amide bonds. The van der Waals surface area contributed by atoms with Crippen molar-refractivity contribution in [2.45, 2.75) is 13.2 Å². The van der Waals surface area contributed by atoms with Gasteiger partial charge in [-0.05, 0) is 40.3 Å². The molecule has 0 aliphatic heterocycles. The molecule has 0 radical (unpaired) electrons. The molecule has 6 nitrogen and oxygen atoms in total. The first kappa shape index (κ1) is 16.5. The van der Waals surface area contributed by atoms with Gasteiger partial charge < -0.3 is 10.1 Å². The Labute approximate surface area is 149 Å². The van der Waals surface area contributed by atoms with Crippen molar-refractivity contribution in [3.63, 3.8) is 0 Å². The number of aromatic nitrogens is 4. The van der Waals surface area contributed by atoms with Gasteiger partial charge in [-0.1, -0.05) is 46.5 Å². The van der Waals surface area contributed by atoms with Crippen molar-refractivity contribution in [1.82, 2.24) is 20.2 Å². The van der Waals surface area contributed by atoms with E-state index in [2.05, 4.69) is 20.8 Å². The van der Waals surface area contributed by atoms with E-state index in [4.69, 9.17) is 27.9 Å². The average molecular weight is 364 g/mol. The van der Waals surface area contributed by atoms with Crippen LogP contribution in [-0.2, 0) is 20.2 Å². The van der Waals surface area contributed by atoms with Crippen LogP contribution in [0.5, 0.6) is 5.75 Å². The molecule has 0 fully saturated rings. The van der Waals surface area contributed by atoms with Crippen LogP contribution >= 0.6 is 23.2 Å². The van der Waals surface area contributed by atoms with Crippen LogP contribution in [0.15, 0.2) is 42.5 Å². The van der Waals surface area contributed by atoms with Gasteiger partial charge in [0.05, 0.1) is 0 Å². The molecular weight excluding hydrogens is 349 g/mol. The highest BCUT2D eigenvalue weighted by Crippen LogP contribution is 2.26. The smallest absolute Gasteiger partial charge is 0.242 e. The Morgan fingerprint density at radius 2 is 1.79 bits per heavy atom. The van der Waals surface area contributed by atoms with Crippen LogP contribution in [0.1, 0.15) is 11.1 Å². The summed E-state index contributed by atoms with van der Waals surface area (Å²) < 4.78 is 7.33. The van der Waals surface area contributed by atoms with E-state index in [1.807, 2.05) is 30.3 Å². The Morgan fingerprint density at radius 1 is 1.08 bits per heavy atom. The third-order valence-corrected chi connectivity index (χ3v) is 4.15. The molecule has 3 rings (SSSR count). The molecule has 0 unspecified atom stereocenters. The van der Waals surface area contributed by atoms with E-state index in [1.165, 1.54) is 0 Å². The lowest BCUT2D eigenvalue weighted by atomic mass is 10.2. The summed E-state index contributed by atoms with van der Waals surface area (Å²) in [5, 5.41) is 15.6. The Hall–Kier alpha value is -2.31. The van der Waals surface area contributed by atoms with Crippen molar-refractivity contribution < 1.29 is 4.74 Å². The minimum absolute atomic E-state index is 0.320. The number of halogens is 2. The normalized spacial score (nSPS) is 10.6. The number of nitrogens with zero attached hydrogens (tertiary/aromatic N) is 4. The van der Waals surface area contributed by atoms with Crippen molar-refractivity contribution in [2.24, 2.45) is 7.05 Å². The van der Waals surface area contributed by atoms with Gasteiger partial charge >= 0.3 is 0 Å². The summed E-state index contributed by atoms with van der Waals surface area (Å²) >= 11 is 12.3. The molecule has 8 heteroatoms. The lowest BCUT2D eigenvalue weighted by molar-refractivity contribution is 0.306. The van der Waals surface area contributed by atoms with E-state index < -0.39 is 0 Å². The van der Waals surface area contributed by atoms with Gasteiger partial charge in [0, 0.05) is 29.2 Å². The summed E-state index contributed by atoms with van der Waals surface area (Å²) in [7, 11) is 1.78. The molecule has 1 N–H and O–H groups in total. The highest BCUT2D eigenvalue weighted by molar-refractivity contribution is 6.35. The molecule has 0 bridgehead atoms. The summed E-state index contributed by atoms with van der Waals surface area (Å²) in [6.45, 7) is 0.936. The van der Waals surface area contributed by atoms with Crippen LogP contribution in [0.2, 0.25) is 10.0 Å². The van der Waals surface area contributed by atoms with Crippen LogP contribution < -0.4 is 10.1 Å². The topological polar surface area (TPSA) is 64.9 Å². The van der Waals surface area contributed by atoms with E-state index in [9.17, 15) is 0 Å². The third kappa shape index (κ3) is 3.96. The van der Waals surface area contributed by atoms with E-state index in [0.717, 1.165) is 16.9 Å². The van der Waals surface area contributed by atoms with Crippen LogP contribution in [-0.4, -0.2) is 20.2 Å². The van der Waals surface area contributed by atoms with Gasteiger partial charge in [-0.2, -0.15) is 0 Å². The number of aryl methyl sites for hydroxylation is 1. The van der Waals surface area contributed by atoms with E-state index in [0.29, 0.717) is 29.1 Å². The highest BCUT2D eigenvalue weighted by atomic mass is 35.5. The summed E-state index contributed by atoms with van der Waals surface area (Å²) in [5.74, 6) is 1.36. The fourth-order valence-corrected chi connectivity index (χ4v) is 2.60. The molecule has 0 atom stereocenters. The number of hydrogen-bond acceptors (Lipinski definition) is 5. The van der Waals surface area contributed by atoms with Crippen LogP contribution in [0.4, 0.5) is 5.95 Å². The van der Waals surface area contributed by atoms with Gasteiger partial charge in [0.25, 0.3) is 0 Å². The zero-order valence-electron chi connectivity index (χ0n) is 12.9. The molecule has 3 aromatic rings. The van der Waals surface area contributed by atoms with Crippen molar-refractivity contribution >= 4 is 29.2 Å². The predicted molar refractivity (Wildman–Crippen MR) is 93.4 cm³/mol. The largest absolute Gasteiger partial charge is 0.489 e. The fourth-order valence-electron chi connectivity index (χ4n) is 2.09. The van der Waals surface area contributed by atoms with Crippen molar-refractivity contribution in [2.75, 3.05) is 5.32 Å². The van der Waals surface area contributed by atoms with Crippen LogP contribution in [0.3, 0.4) is 0 Å². The molecule has 1 aromatic heterocycles. The van der Waals surface area contributed by atoms with Gasteiger partial charge in [0.1, 0.15) is 12.4 Å². The zero-order valence-corrected chi connectivity index (χ0v) is 14.4. The van der Waals surface area contributed by atoms with E-state index in [-0.39, 0.29) is 0 Å². The van der Waals surface area contributed by atoms with Crippen LogP contribution in [0, 0.1) is 0 Å². The highest BCUT2D eigenvalue weighted by Gasteiger charge is 2.06. The second-order valence-corrected chi connectivity index (χ2v) is 5.93. The van der Waals surface area contributed by atoms with Gasteiger partial charge in [0.2, 0.25) is 5.95 Å². The number of tetrazole rings is 1. The van der Waals surface area contributed by atoms with Gasteiger partial charge in [-0.3, -0.25) is 0 Å². The van der Waals surface area contributed by atoms with Gasteiger partial charge in [0.15, 0.2) is 0 Å². The minimum Gasteiger partial charge on any atom is -0.489 e. The quantitative estimate of drug-likeness (QED) is 0.722. The summed E-state index contributed by atoms with van der Waals surface area (Å²) in [5.41, 5.74) is 1.86. The maximum atomic E-state index is 6.13. The van der Waals surface area contributed by atoms with Crippen molar-refractivity contribution in [1.29, 1.82) is 0 Å². The Balaban J connectivity index is 1.57. The number of ether oxygens (including phenoxy) is 1. The summed E-state index contributed by atoms with van der Waals surface area (Å²) in [6, 6.07) is 13.1. The standard InChI is InChI=1S/C16H15Cl2N5O/c1-23-16(20-21-22-23)19-9-11-5-7-12(8-6-11)24-10-13-14(17)3-2-4-15(13)18/h2-8H,9-10H2,1H3,(H,19,20,22). The molecule has 0 aliphatic carbocycles. The average Bonchev–Trinajstić information content (AvgIpc) is 2.99. The molecule has 0 spiro atoms. The number of anilines is 1. The number of benzene rings is 2. The Morgan fingerprint density at radius 3 is 2.42 bits per heavy atom. The maximum Gasteiger partial charge on any atom is 0.242 e. The molecule has 124 valence electrons. The van der Waals surface area contributed by atoms with Crippen LogP contribution in [0.25, 0.3) is 0 Å². The van der Waals surface area contributed by atoms with Gasteiger partial charge in [-0.15, -0.1) is 0 Å². The predicted octanol–water partition coefficient (Wildman–Crippen LogP) is 3.71. The maximum absolute atomic E-state index is 6.13. The Bertz CT molecular complexity index is 799. The second kappa shape index (κ2) is 7.51. The lowest BCUT2D eigenvalue weighted by Crippen LogP contribution is -2.05. The third-order valence-electron chi connectivity index (χ3n) is 3.44. The first-order valence-electron chi connectivity index (χ1n) is 7.24. The van der Waals surface area contributed by atoms with E-state index in [1.54, 1.807) is 23.9 Å². The Kier molecular flexibility index (Phi) is 5.17. The minimum atomic E-state index is 0.320. The number of hydrogen-bond donors (Lipinski definition) is 1.